The third kappa shape index (κ3) is 4.03. The van der Waals surface area contributed by atoms with Crippen molar-refractivity contribution in [2.75, 3.05) is 24.3 Å². The van der Waals surface area contributed by atoms with Crippen LogP contribution >= 0.6 is 11.6 Å². The maximum Gasteiger partial charge on any atom is 0.307 e. The van der Waals surface area contributed by atoms with Crippen LogP contribution in [0.25, 0.3) is 0 Å². The smallest absolute Gasteiger partial charge is 0.307 e. The first-order valence-electron chi connectivity index (χ1n) is 5.62. The van der Waals surface area contributed by atoms with Crippen molar-refractivity contribution in [2.45, 2.75) is 26.3 Å². The Morgan fingerprint density at radius 3 is 2.83 bits per heavy atom. The number of rotatable bonds is 5. The summed E-state index contributed by atoms with van der Waals surface area (Å²) in [6.45, 7) is 4.04. The van der Waals surface area contributed by atoms with E-state index in [0.717, 1.165) is 0 Å². The second-order valence-corrected chi connectivity index (χ2v) is 4.26. The number of nitrogens with two attached hydrogens (primary N) is 1. The Morgan fingerprint density at radius 2 is 2.28 bits per heavy atom. The van der Waals surface area contributed by atoms with Crippen molar-refractivity contribution in [2.24, 2.45) is 0 Å². The van der Waals surface area contributed by atoms with Crippen LogP contribution in [-0.2, 0) is 9.53 Å². The molecule has 0 saturated heterocycles. The van der Waals surface area contributed by atoms with Crippen LogP contribution in [0.2, 0.25) is 5.15 Å². The third-order valence-electron chi connectivity index (χ3n) is 2.49. The van der Waals surface area contributed by atoms with Crippen molar-refractivity contribution >= 4 is 29.3 Å². The lowest BCUT2D eigenvalue weighted by Gasteiger charge is -2.25. The standard InChI is InChI=1S/C11H17ClN4O2/c1-4-18-10(17)5-7(2)16(3)9-6-8(12)14-11(13)15-9/h6-7H,4-5H2,1-3H3,(H2,13,14,15). The summed E-state index contributed by atoms with van der Waals surface area (Å²) in [6.07, 6.45) is 0.270. The average molecular weight is 273 g/mol. The largest absolute Gasteiger partial charge is 0.466 e. The fourth-order valence-corrected chi connectivity index (χ4v) is 1.61. The third-order valence-corrected chi connectivity index (χ3v) is 2.68. The highest BCUT2D eigenvalue weighted by molar-refractivity contribution is 6.29. The van der Waals surface area contributed by atoms with Gasteiger partial charge in [0.05, 0.1) is 13.0 Å². The number of esters is 1. The van der Waals surface area contributed by atoms with Gasteiger partial charge in [0.15, 0.2) is 0 Å². The normalized spacial score (nSPS) is 12.0. The van der Waals surface area contributed by atoms with Crippen LogP contribution in [0.1, 0.15) is 20.3 Å². The highest BCUT2D eigenvalue weighted by Crippen LogP contribution is 2.18. The minimum Gasteiger partial charge on any atom is -0.466 e. The van der Waals surface area contributed by atoms with Crippen molar-refractivity contribution in [3.05, 3.63) is 11.2 Å². The molecule has 0 amide bonds. The molecule has 0 aromatic carbocycles. The van der Waals surface area contributed by atoms with E-state index in [1.807, 2.05) is 14.0 Å². The van der Waals surface area contributed by atoms with Gasteiger partial charge in [0.25, 0.3) is 0 Å². The molecule has 0 fully saturated rings. The topological polar surface area (TPSA) is 81.3 Å². The highest BCUT2D eigenvalue weighted by atomic mass is 35.5. The molecule has 0 bridgehead atoms. The molecule has 0 saturated carbocycles. The van der Waals surface area contributed by atoms with Crippen molar-refractivity contribution in [1.29, 1.82) is 0 Å². The zero-order chi connectivity index (χ0) is 13.7. The Kier molecular flexibility index (Phi) is 5.15. The van der Waals surface area contributed by atoms with Gasteiger partial charge in [-0.2, -0.15) is 4.98 Å². The fourth-order valence-electron chi connectivity index (χ4n) is 1.43. The average Bonchev–Trinajstić information content (AvgIpc) is 2.26. The van der Waals surface area contributed by atoms with Crippen LogP contribution in [-0.4, -0.2) is 35.6 Å². The Hall–Kier alpha value is -1.56. The maximum absolute atomic E-state index is 11.4. The van der Waals surface area contributed by atoms with Gasteiger partial charge >= 0.3 is 5.97 Å². The Bertz CT molecular complexity index is 407. The van der Waals surface area contributed by atoms with Crippen molar-refractivity contribution in [1.82, 2.24) is 9.97 Å². The molecule has 1 rings (SSSR count). The molecule has 18 heavy (non-hydrogen) atoms. The van der Waals surface area contributed by atoms with Crippen LogP contribution in [0.3, 0.4) is 0 Å². The van der Waals surface area contributed by atoms with E-state index < -0.39 is 0 Å². The number of nitrogen functional groups attached to an aromatic ring is 1. The monoisotopic (exact) mass is 272 g/mol. The second kappa shape index (κ2) is 6.39. The summed E-state index contributed by atoms with van der Waals surface area (Å²) >= 11 is 5.80. The van der Waals surface area contributed by atoms with E-state index in [0.29, 0.717) is 12.4 Å². The number of hydrogen-bond acceptors (Lipinski definition) is 6. The van der Waals surface area contributed by atoms with Gasteiger partial charge < -0.3 is 15.4 Å². The van der Waals surface area contributed by atoms with Crippen LogP contribution in [0.15, 0.2) is 6.07 Å². The molecule has 0 aliphatic rings. The minimum atomic E-state index is -0.245. The zero-order valence-electron chi connectivity index (χ0n) is 10.7. The molecular weight excluding hydrogens is 256 g/mol. The summed E-state index contributed by atoms with van der Waals surface area (Å²) in [6, 6.07) is 1.52. The summed E-state index contributed by atoms with van der Waals surface area (Å²) in [5.74, 6) is 0.432. The number of ether oxygens (including phenoxy) is 1. The Morgan fingerprint density at radius 1 is 1.61 bits per heavy atom. The molecule has 0 aliphatic heterocycles. The quantitative estimate of drug-likeness (QED) is 0.646. The molecule has 2 N–H and O–H groups in total. The molecule has 1 aromatic rings. The molecule has 100 valence electrons. The summed E-state index contributed by atoms with van der Waals surface area (Å²) in [4.78, 5) is 21.0. The fraction of sp³-hybridized carbons (Fsp3) is 0.545. The van der Waals surface area contributed by atoms with Gasteiger partial charge in [-0.1, -0.05) is 11.6 Å². The molecular formula is C11H17ClN4O2. The van der Waals surface area contributed by atoms with Crippen molar-refractivity contribution < 1.29 is 9.53 Å². The second-order valence-electron chi connectivity index (χ2n) is 3.88. The summed E-state index contributed by atoms with van der Waals surface area (Å²) < 4.78 is 4.90. The van der Waals surface area contributed by atoms with Crippen LogP contribution in [0, 0.1) is 0 Å². The van der Waals surface area contributed by atoms with E-state index in [1.54, 1.807) is 17.9 Å². The van der Waals surface area contributed by atoms with Gasteiger partial charge in [0, 0.05) is 19.2 Å². The first-order valence-corrected chi connectivity index (χ1v) is 6.00. The van der Waals surface area contributed by atoms with Gasteiger partial charge in [-0.3, -0.25) is 4.79 Å². The molecule has 1 heterocycles. The van der Waals surface area contributed by atoms with Gasteiger partial charge in [0.1, 0.15) is 11.0 Å². The maximum atomic E-state index is 11.4. The number of hydrogen-bond donors (Lipinski definition) is 1. The molecule has 1 unspecified atom stereocenters. The minimum absolute atomic E-state index is 0.0746. The molecule has 6 nitrogen and oxygen atoms in total. The zero-order valence-corrected chi connectivity index (χ0v) is 11.4. The molecule has 0 radical (unpaired) electrons. The Labute approximate surface area is 111 Å². The number of nitrogens with zero attached hydrogens (tertiary/aromatic N) is 3. The van der Waals surface area contributed by atoms with Gasteiger partial charge in [-0.15, -0.1) is 0 Å². The first kappa shape index (κ1) is 14.5. The number of aromatic nitrogens is 2. The van der Waals surface area contributed by atoms with E-state index in [2.05, 4.69) is 9.97 Å². The number of carbonyl (C=O) groups excluding carboxylic acids is 1. The molecule has 1 aromatic heterocycles. The first-order chi connectivity index (χ1) is 8.43. The van der Waals surface area contributed by atoms with Crippen molar-refractivity contribution in [3.63, 3.8) is 0 Å². The lowest BCUT2D eigenvalue weighted by atomic mass is 10.2. The van der Waals surface area contributed by atoms with E-state index in [9.17, 15) is 4.79 Å². The predicted octanol–water partition coefficient (Wildman–Crippen LogP) is 1.49. The van der Waals surface area contributed by atoms with E-state index in [-0.39, 0.29) is 29.5 Å². The van der Waals surface area contributed by atoms with Crippen LogP contribution in [0.4, 0.5) is 11.8 Å². The van der Waals surface area contributed by atoms with Crippen LogP contribution < -0.4 is 10.6 Å². The number of anilines is 2. The Balaban J connectivity index is 2.73. The van der Waals surface area contributed by atoms with E-state index in [4.69, 9.17) is 22.1 Å². The highest BCUT2D eigenvalue weighted by Gasteiger charge is 2.17. The summed E-state index contributed by atoms with van der Waals surface area (Å²) in [5.41, 5.74) is 5.52. The molecule has 0 spiro atoms. The summed E-state index contributed by atoms with van der Waals surface area (Å²) in [7, 11) is 1.81. The van der Waals surface area contributed by atoms with E-state index >= 15 is 0 Å². The summed E-state index contributed by atoms with van der Waals surface area (Å²) in [5, 5.41) is 0.271. The lowest BCUT2D eigenvalue weighted by Crippen LogP contribution is -2.32. The van der Waals surface area contributed by atoms with Gasteiger partial charge in [-0.25, -0.2) is 4.98 Å². The predicted molar refractivity (Wildman–Crippen MR) is 70.6 cm³/mol. The lowest BCUT2D eigenvalue weighted by molar-refractivity contribution is -0.143. The van der Waals surface area contributed by atoms with Gasteiger partial charge in [-0.05, 0) is 13.8 Å². The molecule has 7 heteroatoms. The van der Waals surface area contributed by atoms with Gasteiger partial charge in [0.2, 0.25) is 5.95 Å². The van der Waals surface area contributed by atoms with Crippen molar-refractivity contribution in [3.8, 4) is 0 Å². The molecule has 0 aliphatic carbocycles. The SMILES string of the molecule is CCOC(=O)CC(C)N(C)c1cc(Cl)nc(N)n1. The van der Waals surface area contributed by atoms with Crippen LogP contribution in [0.5, 0.6) is 0 Å². The number of halogens is 1. The molecule has 1 atom stereocenters. The number of carbonyl (C=O) groups is 1. The van der Waals surface area contributed by atoms with E-state index in [1.165, 1.54) is 0 Å².